The molecule has 0 spiro atoms. The van der Waals surface area contributed by atoms with E-state index in [1.165, 1.54) is 0 Å². The maximum Gasteiger partial charge on any atom is 0.238 e. The Labute approximate surface area is 189 Å². The van der Waals surface area contributed by atoms with Crippen molar-refractivity contribution in [1.82, 2.24) is 15.1 Å². The Morgan fingerprint density at radius 2 is 1.86 bits per heavy atom. The number of hydrogen-bond acceptors (Lipinski definition) is 5. The molecule has 2 fully saturated rings. The van der Waals surface area contributed by atoms with Gasteiger partial charge >= 0.3 is 0 Å². The smallest absolute Gasteiger partial charge is 0.238 e. The standard InChI is InChI=1S/C19H27ClN4O3.2ClH/c20-16-5-1-2-6-17(16)22-18(25)14-23-7-9-24(10-8-23)19(26)13-21-12-15-4-3-11-27-15;;/h1-2,5-6,15,21H,3-4,7-14H2,(H,22,25);2*1H. The number of halogens is 3. The number of rotatable bonds is 7. The molecular weight excluding hydrogens is 439 g/mol. The van der Waals surface area contributed by atoms with Crippen LogP contribution in [0.1, 0.15) is 12.8 Å². The zero-order valence-corrected chi connectivity index (χ0v) is 18.7. The second-order valence-electron chi connectivity index (χ2n) is 6.95. The van der Waals surface area contributed by atoms with Gasteiger partial charge in [0.25, 0.3) is 0 Å². The lowest BCUT2D eigenvalue weighted by Crippen LogP contribution is -2.52. The molecule has 164 valence electrons. The molecule has 0 radical (unpaired) electrons. The maximum atomic E-state index is 12.3. The number of hydrogen-bond donors (Lipinski definition) is 2. The lowest BCUT2D eigenvalue weighted by atomic mass is 10.2. The van der Waals surface area contributed by atoms with E-state index in [0.717, 1.165) is 26.0 Å². The van der Waals surface area contributed by atoms with Crippen molar-refractivity contribution in [1.29, 1.82) is 0 Å². The molecule has 2 aliphatic rings. The molecule has 2 amide bonds. The minimum Gasteiger partial charge on any atom is -0.377 e. The van der Waals surface area contributed by atoms with E-state index in [1.807, 2.05) is 17.0 Å². The average molecular weight is 468 g/mol. The highest BCUT2D eigenvalue weighted by molar-refractivity contribution is 6.33. The van der Waals surface area contributed by atoms with Gasteiger partial charge in [0.2, 0.25) is 11.8 Å². The SMILES string of the molecule is Cl.Cl.O=C(CN1CCN(C(=O)CNCC2CCCO2)CC1)Nc1ccccc1Cl. The van der Waals surface area contributed by atoms with Crippen molar-refractivity contribution in [2.45, 2.75) is 18.9 Å². The Balaban J connectivity index is 0.00000210. The number of anilines is 1. The lowest BCUT2D eigenvalue weighted by molar-refractivity contribution is -0.132. The molecule has 1 atom stereocenters. The number of carbonyl (C=O) groups is 2. The third kappa shape index (κ3) is 8.28. The fraction of sp³-hybridized carbons (Fsp3) is 0.579. The van der Waals surface area contributed by atoms with E-state index in [-0.39, 0.29) is 42.7 Å². The Hall–Kier alpha value is -1.09. The molecule has 0 saturated carbocycles. The summed E-state index contributed by atoms with van der Waals surface area (Å²) in [5.41, 5.74) is 0.621. The summed E-state index contributed by atoms with van der Waals surface area (Å²) < 4.78 is 5.54. The fourth-order valence-electron chi connectivity index (χ4n) is 3.37. The maximum absolute atomic E-state index is 12.3. The van der Waals surface area contributed by atoms with Gasteiger partial charge in [0, 0.05) is 39.3 Å². The normalized spacial score (nSPS) is 19.2. The predicted molar refractivity (Wildman–Crippen MR) is 119 cm³/mol. The topological polar surface area (TPSA) is 73.9 Å². The van der Waals surface area contributed by atoms with Crippen LogP contribution in [-0.2, 0) is 14.3 Å². The monoisotopic (exact) mass is 466 g/mol. The summed E-state index contributed by atoms with van der Waals surface area (Å²) in [5, 5.41) is 6.55. The molecular formula is C19H29Cl3N4O3. The van der Waals surface area contributed by atoms with Crippen molar-refractivity contribution in [2.75, 3.05) is 57.7 Å². The molecule has 2 N–H and O–H groups in total. The number of benzene rings is 1. The predicted octanol–water partition coefficient (Wildman–Crippen LogP) is 2.03. The van der Waals surface area contributed by atoms with E-state index in [2.05, 4.69) is 15.5 Å². The van der Waals surface area contributed by atoms with Gasteiger partial charge < -0.3 is 20.3 Å². The van der Waals surface area contributed by atoms with Crippen LogP contribution < -0.4 is 10.6 Å². The molecule has 7 nitrogen and oxygen atoms in total. The molecule has 0 aliphatic carbocycles. The molecule has 3 rings (SSSR count). The van der Waals surface area contributed by atoms with Gasteiger partial charge in [-0.3, -0.25) is 14.5 Å². The van der Waals surface area contributed by atoms with Crippen molar-refractivity contribution >= 4 is 53.9 Å². The largest absolute Gasteiger partial charge is 0.377 e. The van der Waals surface area contributed by atoms with E-state index >= 15 is 0 Å². The first-order valence-corrected chi connectivity index (χ1v) is 9.86. The number of piperazine rings is 1. The van der Waals surface area contributed by atoms with Crippen LogP contribution >= 0.6 is 36.4 Å². The first kappa shape index (κ1) is 25.9. The van der Waals surface area contributed by atoms with Gasteiger partial charge in [-0.2, -0.15) is 0 Å². The van der Waals surface area contributed by atoms with Gasteiger partial charge in [0.05, 0.1) is 29.9 Å². The van der Waals surface area contributed by atoms with Gasteiger partial charge in [0.15, 0.2) is 0 Å². The van der Waals surface area contributed by atoms with Crippen molar-refractivity contribution < 1.29 is 14.3 Å². The Morgan fingerprint density at radius 1 is 1.14 bits per heavy atom. The van der Waals surface area contributed by atoms with Gasteiger partial charge in [-0.15, -0.1) is 24.8 Å². The number of amides is 2. The van der Waals surface area contributed by atoms with Crippen LogP contribution in [0, 0.1) is 0 Å². The first-order valence-electron chi connectivity index (χ1n) is 9.48. The van der Waals surface area contributed by atoms with Gasteiger partial charge in [0.1, 0.15) is 0 Å². The van der Waals surface area contributed by atoms with Crippen LogP contribution in [0.25, 0.3) is 0 Å². The second-order valence-corrected chi connectivity index (χ2v) is 7.36. The lowest BCUT2D eigenvalue weighted by Gasteiger charge is -2.34. The Kier molecular flexibility index (Phi) is 11.9. The highest BCUT2D eigenvalue weighted by atomic mass is 35.5. The molecule has 10 heteroatoms. The Morgan fingerprint density at radius 3 is 2.52 bits per heavy atom. The number of ether oxygens (including phenoxy) is 1. The van der Waals surface area contributed by atoms with Gasteiger partial charge in [-0.05, 0) is 25.0 Å². The van der Waals surface area contributed by atoms with E-state index in [9.17, 15) is 9.59 Å². The molecule has 29 heavy (non-hydrogen) atoms. The molecule has 1 aromatic carbocycles. The molecule has 2 aliphatic heterocycles. The number of para-hydroxylation sites is 1. The van der Waals surface area contributed by atoms with Gasteiger partial charge in [-0.25, -0.2) is 0 Å². The van der Waals surface area contributed by atoms with Crippen LogP contribution in [0.15, 0.2) is 24.3 Å². The van der Waals surface area contributed by atoms with Crippen LogP contribution in [0.3, 0.4) is 0 Å². The highest BCUT2D eigenvalue weighted by Gasteiger charge is 2.23. The highest BCUT2D eigenvalue weighted by Crippen LogP contribution is 2.20. The van der Waals surface area contributed by atoms with Crippen LogP contribution in [0.2, 0.25) is 5.02 Å². The summed E-state index contributed by atoms with van der Waals surface area (Å²) >= 11 is 6.06. The van der Waals surface area contributed by atoms with Crippen LogP contribution in [0.5, 0.6) is 0 Å². The van der Waals surface area contributed by atoms with E-state index in [0.29, 0.717) is 50.0 Å². The first-order chi connectivity index (χ1) is 13.1. The Bertz CT molecular complexity index is 651. The summed E-state index contributed by atoms with van der Waals surface area (Å²) in [7, 11) is 0. The molecule has 2 saturated heterocycles. The van der Waals surface area contributed by atoms with E-state index in [1.54, 1.807) is 12.1 Å². The third-order valence-electron chi connectivity index (χ3n) is 4.91. The molecule has 0 bridgehead atoms. The zero-order valence-electron chi connectivity index (χ0n) is 16.3. The van der Waals surface area contributed by atoms with Gasteiger partial charge in [-0.1, -0.05) is 23.7 Å². The molecule has 2 heterocycles. The summed E-state index contributed by atoms with van der Waals surface area (Å²) in [4.78, 5) is 28.4. The number of carbonyl (C=O) groups excluding carboxylic acids is 2. The molecule has 1 unspecified atom stereocenters. The average Bonchev–Trinajstić information content (AvgIpc) is 3.17. The summed E-state index contributed by atoms with van der Waals surface area (Å²) in [6, 6.07) is 7.18. The summed E-state index contributed by atoms with van der Waals surface area (Å²) in [6.45, 7) is 4.85. The third-order valence-corrected chi connectivity index (χ3v) is 5.24. The van der Waals surface area contributed by atoms with E-state index in [4.69, 9.17) is 16.3 Å². The van der Waals surface area contributed by atoms with Crippen LogP contribution in [-0.4, -0.2) is 80.1 Å². The van der Waals surface area contributed by atoms with E-state index < -0.39 is 0 Å². The summed E-state index contributed by atoms with van der Waals surface area (Å²) in [6.07, 6.45) is 2.41. The van der Waals surface area contributed by atoms with Crippen molar-refractivity contribution in [3.8, 4) is 0 Å². The minimum atomic E-state index is -0.0962. The van der Waals surface area contributed by atoms with Crippen LogP contribution in [0.4, 0.5) is 5.69 Å². The quantitative estimate of drug-likeness (QED) is 0.642. The van der Waals surface area contributed by atoms with Crippen molar-refractivity contribution in [3.63, 3.8) is 0 Å². The molecule has 0 aromatic heterocycles. The number of nitrogens with zero attached hydrogens (tertiary/aromatic N) is 2. The zero-order chi connectivity index (χ0) is 19.1. The van der Waals surface area contributed by atoms with Crippen molar-refractivity contribution in [3.05, 3.63) is 29.3 Å². The summed E-state index contributed by atoms with van der Waals surface area (Å²) in [5.74, 6) is 0.00859. The number of nitrogens with one attached hydrogen (secondary N) is 2. The fourth-order valence-corrected chi connectivity index (χ4v) is 3.55. The van der Waals surface area contributed by atoms with Crippen molar-refractivity contribution in [2.24, 2.45) is 0 Å². The second kappa shape index (κ2) is 13.3. The minimum absolute atomic E-state index is 0. The molecule has 1 aromatic rings.